The van der Waals surface area contributed by atoms with E-state index in [1.54, 1.807) is 48.5 Å². The van der Waals surface area contributed by atoms with Crippen LogP contribution in [0.25, 0.3) is 22.3 Å². The summed E-state index contributed by atoms with van der Waals surface area (Å²) >= 11 is 0. The van der Waals surface area contributed by atoms with Crippen LogP contribution in [0.2, 0.25) is 0 Å². The van der Waals surface area contributed by atoms with Gasteiger partial charge in [0.1, 0.15) is 11.5 Å². The number of ether oxygens (including phenoxy) is 3. The van der Waals surface area contributed by atoms with Crippen LogP contribution in [0.3, 0.4) is 0 Å². The summed E-state index contributed by atoms with van der Waals surface area (Å²) in [6, 6.07) is 31.9. The molecule has 0 spiro atoms. The maximum atomic E-state index is 12.2. The quantitative estimate of drug-likeness (QED) is 0.179. The van der Waals surface area contributed by atoms with E-state index in [1.807, 2.05) is 54.6 Å². The second kappa shape index (κ2) is 10.8. The van der Waals surface area contributed by atoms with E-state index in [2.05, 4.69) is 11.3 Å². The van der Waals surface area contributed by atoms with E-state index in [4.69, 9.17) is 9.47 Å². The van der Waals surface area contributed by atoms with Crippen molar-refractivity contribution in [2.24, 2.45) is 0 Å². The highest BCUT2D eigenvalue weighted by Crippen LogP contribution is 2.27. The minimum Gasteiger partial charge on any atom is -0.482 e. The first-order chi connectivity index (χ1) is 16.6. The first-order valence-corrected chi connectivity index (χ1v) is 10.6. The molecule has 168 valence electrons. The molecule has 0 aliphatic rings. The van der Waals surface area contributed by atoms with Crippen molar-refractivity contribution in [3.63, 3.8) is 0 Å². The van der Waals surface area contributed by atoms with Gasteiger partial charge in [0.15, 0.2) is 6.61 Å². The highest BCUT2D eigenvalue weighted by Gasteiger charge is 2.08. The third-order valence-electron chi connectivity index (χ3n) is 5.05. The summed E-state index contributed by atoms with van der Waals surface area (Å²) < 4.78 is 15.5. The van der Waals surface area contributed by atoms with Crippen LogP contribution in [0.15, 0.2) is 116 Å². The molecule has 0 bridgehead atoms. The third-order valence-corrected chi connectivity index (χ3v) is 5.05. The smallest absolute Gasteiger partial charge is 0.348 e. The molecule has 0 aliphatic carbocycles. The van der Waals surface area contributed by atoms with Crippen LogP contribution in [-0.2, 0) is 9.53 Å². The fourth-order valence-corrected chi connectivity index (χ4v) is 3.32. The fourth-order valence-electron chi connectivity index (χ4n) is 3.32. The minimum absolute atomic E-state index is 0.176. The molecule has 0 saturated carbocycles. The van der Waals surface area contributed by atoms with Crippen LogP contribution >= 0.6 is 0 Å². The Morgan fingerprint density at radius 2 is 1.12 bits per heavy atom. The molecular formula is C29H22O5. The van der Waals surface area contributed by atoms with Gasteiger partial charge >= 0.3 is 11.9 Å². The van der Waals surface area contributed by atoms with Crippen molar-refractivity contribution in [2.45, 2.75) is 0 Å². The predicted octanol–water partition coefficient (Wildman–Crippen LogP) is 6.31. The second-order valence-electron chi connectivity index (χ2n) is 7.33. The molecule has 0 fully saturated rings. The summed E-state index contributed by atoms with van der Waals surface area (Å²) in [7, 11) is 0. The standard InChI is InChI=1S/C29H22O5/c1-2-32-28(30)20-33-26-16-12-23(13-17-26)21-8-10-22(11-9-21)24-14-18-27(19-15-24)34-29(31)25-6-4-3-5-7-25/h2-19H,1,20H2. The highest BCUT2D eigenvalue weighted by atomic mass is 16.6. The molecule has 4 aromatic carbocycles. The maximum absolute atomic E-state index is 12.2. The molecule has 4 rings (SSSR count). The Morgan fingerprint density at radius 1 is 0.647 bits per heavy atom. The van der Waals surface area contributed by atoms with E-state index < -0.39 is 5.97 Å². The predicted molar refractivity (Wildman–Crippen MR) is 130 cm³/mol. The van der Waals surface area contributed by atoms with E-state index >= 15 is 0 Å². The van der Waals surface area contributed by atoms with Crippen LogP contribution in [-0.4, -0.2) is 18.5 Å². The van der Waals surface area contributed by atoms with Crippen LogP contribution in [0.1, 0.15) is 10.4 Å². The zero-order chi connectivity index (χ0) is 23.8. The molecule has 4 aromatic rings. The first kappa shape index (κ1) is 22.6. The van der Waals surface area contributed by atoms with Crippen LogP contribution < -0.4 is 9.47 Å². The molecule has 0 atom stereocenters. The third kappa shape index (κ3) is 5.78. The average Bonchev–Trinajstić information content (AvgIpc) is 2.89. The minimum atomic E-state index is -0.503. The summed E-state index contributed by atoms with van der Waals surface area (Å²) in [5.41, 5.74) is 4.65. The van der Waals surface area contributed by atoms with Crippen molar-refractivity contribution in [3.05, 3.63) is 122 Å². The maximum Gasteiger partial charge on any atom is 0.348 e. The van der Waals surface area contributed by atoms with E-state index in [1.165, 1.54) is 0 Å². The van der Waals surface area contributed by atoms with Crippen LogP contribution in [0, 0.1) is 0 Å². The molecule has 5 nitrogen and oxygen atoms in total. The topological polar surface area (TPSA) is 61.8 Å². The number of carbonyl (C=O) groups is 2. The van der Waals surface area contributed by atoms with Gasteiger partial charge in [0.05, 0.1) is 11.8 Å². The average molecular weight is 450 g/mol. The monoisotopic (exact) mass is 450 g/mol. The van der Waals surface area contributed by atoms with E-state index in [-0.39, 0.29) is 12.6 Å². The van der Waals surface area contributed by atoms with Crippen LogP contribution in [0.4, 0.5) is 0 Å². The van der Waals surface area contributed by atoms with Gasteiger partial charge in [-0.05, 0) is 58.7 Å². The number of benzene rings is 4. The van der Waals surface area contributed by atoms with Gasteiger partial charge in [-0.15, -0.1) is 0 Å². The van der Waals surface area contributed by atoms with Crippen LogP contribution in [0.5, 0.6) is 11.5 Å². The van der Waals surface area contributed by atoms with Gasteiger partial charge in [-0.1, -0.05) is 73.3 Å². The lowest BCUT2D eigenvalue weighted by Crippen LogP contribution is -2.11. The van der Waals surface area contributed by atoms with Gasteiger partial charge < -0.3 is 14.2 Å². The van der Waals surface area contributed by atoms with Crippen molar-refractivity contribution in [3.8, 4) is 33.8 Å². The van der Waals surface area contributed by atoms with Gasteiger partial charge in [-0.2, -0.15) is 0 Å². The second-order valence-corrected chi connectivity index (χ2v) is 7.33. The lowest BCUT2D eigenvalue weighted by molar-refractivity contribution is -0.140. The number of rotatable bonds is 8. The van der Waals surface area contributed by atoms with Gasteiger partial charge in [0.25, 0.3) is 0 Å². The zero-order valence-electron chi connectivity index (χ0n) is 18.3. The Labute approximate surface area is 197 Å². The van der Waals surface area contributed by atoms with E-state index in [0.29, 0.717) is 17.1 Å². The molecule has 0 saturated heterocycles. The molecule has 0 aliphatic heterocycles. The summed E-state index contributed by atoms with van der Waals surface area (Å²) in [5.74, 6) is 0.187. The summed E-state index contributed by atoms with van der Waals surface area (Å²) in [4.78, 5) is 23.5. The lowest BCUT2D eigenvalue weighted by atomic mass is 10.0. The van der Waals surface area contributed by atoms with Gasteiger partial charge in [0.2, 0.25) is 0 Å². The molecule has 34 heavy (non-hydrogen) atoms. The summed E-state index contributed by atoms with van der Waals surface area (Å²) in [5, 5.41) is 0. The molecule has 0 amide bonds. The molecule has 0 radical (unpaired) electrons. The molecular weight excluding hydrogens is 428 g/mol. The van der Waals surface area contributed by atoms with Crippen molar-refractivity contribution >= 4 is 11.9 Å². The summed E-state index contributed by atoms with van der Waals surface area (Å²) in [6.45, 7) is 3.16. The van der Waals surface area contributed by atoms with Crippen molar-refractivity contribution in [1.29, 1.82) is 0 Å². The number of hydrogen-bond donors (Lipinski definition) is 0. The number of hydrogen-bond acceptors (Lipinski definition) is 5. The Morgan fingerprint density at radius 3 is 1.62 bits per heavy atom. The molecule has 0 N–H and O–H groups in total. The molecule has 0 aromatic heterocycles. The first-order valence-electron chi connectivity index (χ1n) is 10.6. The van der Waals surface area contributed by atoms with Gasteiger partial charge in [0, 0.05) is 0 Å². The van der Waals surface area contributed by atoms with Gasteiger partial charge in [-0.3, -0.25) is 0 Å². The number of carbonyl (C=O) groups excluding carboxylic acids is 2. The highest BCUT2D eigenvalue weighted by molar-refractivity contribution is 5.91. The van der Waals surface area contributed by atoms with E-state index in [0.717, 1.165) is 28.5 Å². The fraction of sp³-hybridized carbons (Fsp3) is 0.0345. The number of esters is 2. The molecule has 0 heterocycles. The molecule has 0 unspecified atom stereocenters. The normalized spacial score (nSPS) is 10.2. The Bertz CT molecular complexity index is 1260. The lowest BCUT2D eigenvalue weighted by Gasteiger charge is -2.08. The Kier molecular flexibility index (Phi) is 7.16. The SMILES string of the molecule is C=COC(=O)COc1ccc(-c2ccc(-c3ccc(OC(=O)c4ccccc4)cc3)cc2)cc1. The van der Waals surface area contributed by atoms with Crippen molar-refractivity contribution in [2.75, 3.05) is 6.61 Å². The zero-order valence-corrected chi connectivity index (χ0v) is 18.3. The van der Waals surface area contributed by atoms with Crippen molar-refractivity contribution in [1.82, 2.24) is 0 Å². The van der Waals surface area contributed by atoms with E-state index in [9.17, 15) is 9.59 Å². The van der Waals surface area contributed by atoms with Gasteiger partial charge in [-0.25, -0.2) is 9.59 Å². The summed E-state index contributed by atoms with van der Waals surface area (Å²) in [6.07, 6.45) is 1.08. The van der Waals surface area contributed by atoms with Crippen molar-refractivity contribution < 1.29 is 23.8 Å². The molecule has 5 heteroatoms. The Balaban J connectivity index is 1.38. The largest absolute Gasteiger partial charge is 0.482 e. The Hall–Kier alpha value is -4.64.